The topological polar surface area (TPSA) is 97.5 Å². The molecule has 112 valence electrons. The molecule has 3 rings (SSSR count). The number of carbonyl (C=O) groups is 1. The number of hydrogen-bond acceptors (Lipinski definition) is 4. The number of nitrogens with two attached hydrogens (primary N) is 1. The second-order valence-corrected chi connectivity index (χ2v) is 5.29. The molecule has 0 saturated carbocycles. The van der Waals surface area contributed by atoms with E-state index in [1.807, 2.05) is 25.1 Å². The van der Waals surface area contributed by atoms with E-state index in [1.54, 1.807) is 24.8 Å². The molecule has 0 saturated heterocycles. The van der Waals surface area contributed by atoms with Crippen LogP contribution in [-0.2, 0) is 10.2 Å². The predicted molar refractivity (Wildman–Crippen MR) is 83.0 cm³/mol. The number of nitrogens with zero attached hydrogens (tertiary/aromatic N) is 3. The molecule has 0 bridgehead atoms. The number of aromatic amines is 1. The van der Waals surface area contributed by atoms with Crippen LogP contribution >= 0.6 is 0 Å². The van der Waals surface area contributed by atoms with Gasteiger partial charge in [0.2, 0.25) is 5.91 Å². The number of fused-ring (bicyclic) bond motifs is 1. The SMILES string of the molecule is CCCC(C(N)=O)(c1cccnc1)c1cnc2[nH]ncc2c1. The Morgan fingerprint density at radius 3 is 2.86 bits per heavy atom. The van der Waals surface area contributed by atoms with E-state index in [9.17, 15) is 4.79 Å². The molecule has 0 aromatic carbocycles. The maximum atomic E-state index is 12.4. The van der Waals surface area contributed by atoms with Crippen molar-refractivity contribution in [3.05, 3.63) is 54.1 Å². The fourth-order valence-corrected chi connectivity index (χ4v) is 2.92. The molecule has 0 fully saturated rings. The van der Waals surface area contributed by atoms with E-state index in [-0.39, 0.29) is 0 Å². The van der Waals surface area contributed by atoms with Gasteiger partial charge in [-0.2, -0.15) is 5.10 Å². The number of H-pyrrole nitrogens is 1. The second-order valence-electron chi connectivity index (χ2n) is 5.29. The van der Waals surface area contributed by atoms with Crippen molar-refractivity contribution in [1.29, 1.82) is 0 Å². The molecule has 0 spiro atoms. The molecule has 1 amide bonds. The van der Waals surface area contributed by atoms with E-state index < -0.39 is 11.3 Å². The summed E-state index contributed by atoms with van der Waals surface area (Å²) in [5.41, 5.74) is 7.13. The number of aromatic nitrogens is 4. The van der Waals surface area contributed by atoms with E-state index in [4.69, 9.17) is 5.73 Å². The molecule has 0 radical (unpaired) electrons. The third-order valence-electron chi connectivity index (χ3n) is 3.98. The summed E-state index contributed by atoms with van der Waals surface area (Å²) in [5, 5.41) is 7.63. The smallest absolute Gasteiger partial charge is 0.232 e. The van der Waals surface area contributed by atoms with Crippen LogP contribution in [0.3, 0.4) is 0 Å². The minimum atomic E-state index is -0.929. The molecule has 0 aliphatic rings. The van der Waals surface area contributed by atoms with Crippen LogP contribution in [0.4, 0.5) is 0 Å². The minimum absolute atomic E-state index is 0.396. The van der Waals surface area contributed by atoms with Crippen LogP contribution in [0.5, 0.6) is 0 Å². The molecule has 3 heterocycles. The number of rotatable bonds is 5. The molecule has 22 heavy (non-hydrogen) atoms. The van der Waals surface area contributed by atoms with Gasteiger partial charge < -0.3 is 5.73 Å². The lowest BCUT2D eigenvalue weighted by Gasteiger charge is -2.31. The Morgan fingerprint density at radius 1 is 1.32 bits per heavy atom. The Bertz CT molecular complexity index is 798. The fraction of sp³-hybridized carbons (Fsp3) is 0.250. The fourth-order valence-electron chi connectivity index (χ4n) is 2.92. The van der Waals surface area contributed by atoms with Gasteiger partial charge in [0.15, 0.2) is 5.65 Å². The molecule has 1 atom stereocenters. The van der Waals surface area contributed by atoms with Crippen LogP contribution in [0.2, 0.25) is 0 Å². The van der Waals surface area contributed by atoms with Crippen molar-refractivity contribution in [3.8, 4) is 0 Å². The molecule has 1 unspecified atom stereocenters. The van der Waals surface area contributed by atoms with E-state index in [1.165, 1.54) is 0 Å². The normalized spacial score (nSPS) is 13.9. The predicted octanol–water partition coefficient (Wildman–Crippen LogP) is 1.92. The van der Waals surface area contributed by atoms with Crippen molar-refractivity contribution in [2.24, 2.45) is 5.73 Å². The van der Waals surface area contributed by atoms with Gasteiger partial charge in [0.05, 0.1) is 6.20 Å². The standard InChI is InChI=1S/C16H17N5O/c1-2-5-16(15(17)22,12-4-3-6-18-9-12)13-7-11-8-20-21-14(11)19-10-13/h3-4,6-10H,2,5H2,1H3,(H2,17,22)(H,19,20,21). The Morgan fingerprint density at radius 2 is 2.18 bits per heavy atom. The average molecular weight is 295 g/mol. The summed E-state index contributed by atoms with van der Waals surface area (Å²) in [5.74, 6) is -0.396. The maximum Gasteiger partial charge on any atom is 0.232 e. The highest BCUT2D eigenvalue weighted by Crippen LogP contribution is 2.37. The Balaban J connectivity index is 2.25. The number of carbonyl (C=O) groups excluding carboxylic acids is 1. The van der Waals surface area contributed by atoms with Gasteiger partial charge in [-0.3, -0.25) is 14.9 Å². The zero-order chi connectivity index (χ0) is 15.6. The lowest BCUT2D eigenvalue weighted by molar-refractivity contribution is -0.122. The van der Waals surface area contributed by atoms with Gasteiger partial charge in [0, 0.05) is 24.0 Å². The average Bonchev–Trinajstić information content (AvgIpc) is 3.00. The van der Waals surface area contributed by atoms with Gasteiger partial charge in [-0.1, -0.05) is 19.4 Å². The van der Waals surface area contributed by atoms with Crippen molar-refractivity contribution in [3.63, 3.8) is 0 Å². The highest BCUT2D eigenvalue weighted by molar-refractivity contribution is 5.91. The zero-order valence-electron chi connectivity index (χ0n) is 12.3. The minimum Gasteiger partial charge on any atom is -0.369 e. The number of primary amides is 1. The molecular weight excluding hydrogens is 278 g/mol. The van der Waals surface area contributed by atoms with E-state index in [2.05, 4.69) is 20.2 Å². The van der Waals surface area contributed by atoms with Crippen LogP contribution in [0.1, 0.15) is 30.9 Å². The van der Waals surface area contributed by atoms with Crippen molar-refractivity contribution in [1.82, 2.24) is 20.2 Å². The van der Waals surface area contributed by atoms with Crippen LogP contribution in [0.25, 0.3) is 11.0 Å². The van der Waals surface area contributed by atoms with Crippen LogP contribution in [-0.4, -0.2) is 26.1 Å². The monoisotopic (exact) mass is 295 g/mol. The van der Waals surface area contributed by atoms with Gasteiger partial charge in [0.25, 0.3) is 0 Å². The summed E-state index contributed by atoms with van der Waals surface area (Å²) in [4.78, 5) is 20.9. The first kappa shape index (κ1) is 14.2. The largest absolute Gasteiger partial charge is 0.369 e. The van der Waals surface area contributed by atoms with Crippen molar-refractivity contribution < 1.29 is 4.79 Å². The highest BCUT2D eigenvalue weighted by Gasteiger charge is 2.40. The Labute approximate surface area is 127 Å². The van der Waals surface area contributed by atoms with Gasteiger partial charge in [0.1, 0.15) is 5.41 Å². The summed E-state index contributed by atoms with van der Waals surface area (Å²) in [6.07, 6.45) is 8.15. The first-order chi connectivity index (χ1) is 10.7. The molecule has 0 aliphatic carbocycles. The maximum absolute atomic E-state index is 12.4. The summed E-state index contributed by atoms with van der Waals surface area (Å²) in [6.45, 7) is 2.03. The summed E-state index contributed by atoms with van der Waals surface area (Å²) < 4.78 is 0. The quantitative estimate of drug-likeness (QED) is 0.751. The lowest BCUT2D eigenvalue weighted by Crippen LogP contribution is -2.42. The number of nitrogens with one attached hydrogen (secondary N) is 1. The molecule has 6 heteroatoms. The van der Waals surface area contributed by atoms with Crippen LogP contribution in [0.15, 0.2) is 43.0 Å². The first-order valence-electron chi connectivity index (χ1n) is 7.18. The van der Waals surface area contributed by atoms with E-state index in [0.29, 0.717) is 12.1 Å². The van der Waals surface area contributed by atoms with Gasteiger partial charge in [-0.15, -0.1) is 0 Å². The Kier molecular flexibility index (Phi) is 3.58. The van der Waals surface area contributed by atoms with Crippen molar-refractivity contribution in [2.75, 3.05) is 0 Å². The molecule has 6 nitrogen and oxygen atoms in total. The molecule has 3 aromatic rings. The third kappa shape index (κ3) is 2.13. The number of amides is 1. The van der Waals surface area contributed by atoms with Gasteiger partial charge >= 0.3 is 0 Å². The van der Waals surface area contributed by atoms with Crippen LogP contribution < -0.4 is 5.73 Å². The van der Waals surface area contributed by atoms with E-state index >= 15 is 0 Å². The number of pyridine rings is 2. The first-order valence-corrected chi connectivity index (χ1v) is 7.18. The highest BCUT2D eigenvalue weighted by atomic mass is 16.1. The van der Waals surface area contributed by atoms with E-state index in [0.717, 1.165) is 22.9 Å². The van der Waals surface area contributed by atoms with Crippen LogP contribution in [0, 0.1) is 0 Å². The molecule has 0 aliphatic heterocycles. The van der Waals surface area contributed by atoms with Crippen molar-refractivity contribution in [2.45, 2.75) is 25.2 Å². The third-order valence-corrected chi connectivity index (χ3v) is 3.98. The molecule has 3 N–H and O–H groups in total. The summed E-state index contributed by atoms with van der Waals surface area (Å²) in [7, 11) is 0. The molecule has 3 aromatic heterocycles. The van der Waals surface area contributed by atoms with Gasteiger partial charge in [-0.05, 0) is 29.7 Å². The summed E-state index contributed by atoms with van der Waals surface area (Å²) in [6, 6.07) is 5.61. The lowest BCUT2D eigenvalue weighted by atomic mass is 9.71. The summed E-state index contributed by atoms with van der Waals surface area (Å²) >= 11 is 0. The van der Waals surface area contributed by atoms with Crippen molar-refractivity contribution >= 4 is 16.9 Å². The second kappa shape index (κ2) is 5.55. The van der Waals surface area contributed by atoms with Gasteiger partial charge in [-0.25, -0.2) is 4.98 Å². The Hall–Kier alpha value is -2.76. The molecular formula is C16H17N5O. The number of hydrogen-bond donors (Lipinski definition) is 2. The zero-order valence-corrected chi connectivity index (χ0v) is 12.3.